The zero-order valence-corrected chi connectivity index (χ0v) is 21.5. The number of hydrogen-bond acceptors (Lipinski definition) is 10. The smallest absolute Gasteiger partial charge is 0.459 e. The van der Waals surface area contributed by atoms with E-state index in [1.54, 1.807) is 18.2 Å². The molecule has 1 aromatic carbocycles. The van der Waals surface area contributed by atoms with E-state index in [9.17, 15) is 24.1 Å². The van der Waals surface area contributed by atoms with E-state index in [2.05, 4.69) is 5.09 Å². The van der Waals surface area contributed by atoms with Crippen LogP contribution in [0.3, 0.4) is 0 Å². The van der Waals surface area contributed by atoms with Gasteiger partial charge in [-0.3, -0.25) is 23.8 Å². The molecular formula is C23H30FN2O10P. The van der Waals surface area contributed by atoms with Gasteiger partial charge in [-0.2, -0.15) is 5.09 Å². The van der Waals surface area contributed by atoms with E-state index in [0.29, 0.717) is 0 Å². The number of alkyl halides is 1. The summed E-state index contributed by atoms with van der Waals surface area (Å²) in [6.07, 6.45) is -3.00. The van der Waals surface area contributed by atoms with Crippen molar-refractivity contribution in [2.75, 3.05) is 26.9 Å². The Morgan fingerprint density at radius 3 is 2.68 bits per heavy atom. The van der Waals surface area contributed by atoms with Crippen LogP contribution in [0.2, 0.25) is 0 Å². The zero-order valence-electron chi connectivity index (χ0n) is 20.6. The van der Waals surface area contributed by atoms with E-state index in [1.165, 1.54) is 26.2 Å². The molecule has 3 rings (SSSR count). The molecule has 2 aliphatic rings. The Morgan fingerprint density at radius 1 is 1.32 bits per heavy atom. The molecule has 0 aromatic heterocycles. The Bertz CT molecular complexity index is 1050. The van der Waals surface area contributed by atoms with Crippen LogP contribution in [-0.2, 0) is 37.7 Å². The molecule has 2 aliphatic heterocycles. The molecule has 0 spiro atoms. The number of carbonyl (C=O) groups is 3. The summed E-state index contributed by atoms with van der Waals surface area (Å²) in [4.78, 5) is 36.9. The van der Waals surface area contributed by atoms with Crippen LogP contribution in [0, 0.1) is 0 Å². The molecule has 1 saturated heterocycles. The summed E-state index contributed by atoms with van der Waals surface area (Å²) in [6.45, 7) is 1.92. The fraction of sp³-hybridized carbons (Fsp3) is 0.522. The largest absolute Gasteiger partial charge is 0.462 e. The van der Waals surface area contributed by atoms with Crippen molar-refractivity contribution in [3.8, 4) is 5.75 Å². The number of allylic oxidation sites excluding steroid dienone is 1. The first-order valence-electron chi connectivity index (χ1n) is 11.4. The van der Waals surface area contributed by atoms with Crippen LogP contribution >= 0.6 is 7.75 Å². The number of nitrogens with one attached hydrogen (secondary N) is 1. The Kier molecular flexibility index (Phi) is 9.57. The Labute approximate surface area is 213 Å². The first kappa shape index (κ1) is 28.9. The van der Waals surface area contributed by atoms with E-state index < -0.39 is 68.6 Å². The Morgan fingerprint density at radius 2 is 2.03 bits per heavy atom. The van der Waals surface area contributed by atoms with Crippen molar-refractivity contribution < 1.29 is 51.7 Å². The third kappa shape index (κ3) is 7.22. The normalized spacial score (nSPS) is 28.1. The molecule has 12 nitrogen and oxygen atoms in total. The number of para-hydroxylation sites is 1. The number of amides is 1. The van der Waals surface area contributed by atoms with Gasteiger partial charge in [0.05, 0.1) is 19.6 Å². The van der Waals surface area contributed by atoms with Crippen LogP contribution in [-0.4, -0.2) is 84.7 Å². The number of benzene rings is 1. The minimum absolute atomic E-state index is 0.0279. The van der Waals surface area contributed by atoms with Gasteiger partial charge in [0.15, 0.2) is 17.7 Å². The molecule has 0 saturated carbocycles. The second-order valence-corrected chi connectivity index (χ2v) is 10.3. The summed E-state index contributed by atoms with van der Waals surface area (Å²) >= 11 is 0. The zero-order chi connectivity index (χ0) is 27.2. The first-order chi connectivity index (χ1) is 17.5. The molecule has 0 bridgehead atoms. The molecule has 204 valence electrons. The summed E-state index contributed by atoms with van der Waals surface area (Å²) in [5, 5.41) is 13.1. The molecule has 0 radical (unpaired) electrons. The number of ether oxygens (including phenoxy) is 3. The number of carbonyl (C=O) groups excluding carboxylic acids is 3. The monoisotopic (exact) mass is 544 g/mol. The van der Waals surface area contributed by atoms with Crippen molar-refractivity contribution in [2.45, 2.75) is 50.4 Å². The van der Waals surface area contributed by atoms with Crippen molar-refractivity contribution in [1.82, 2.24) is 9.99 Å². The lowest BCUT2D eigenvalue weighted by Crippen LogP contribution is -2.51. The number of hydrogen-bond donors (Lipinski definition) is 2. The van der Waals surface area contributed by atoms with E-state index in [4.69, 9.17) is 23.3 Å². The number of methoxy groups -OCH3 is 1. The Balaban J connectivity index is 1.73. The SMILES string of the molecule is COCCOC(=O)[C@H](C)NP(=O)(OC[C@H]1O[C@@H](N2C=CC(=O)CC2=O)[C@](C)(F)[C@@H]1O)Oc1ccccc1. The number of rotatable bonds is 12. The molecule has 14 heteroatoms. The van der Waals surface area contributed by atoms with Crippen LogP contribution in [0.4, 0.5) is 4.39 Å². The van der Waals surface area contributed by atoms with Gasteiger partial charge < -0.3 is 23.8 Å². The first-order valence-corrected chi connectivity index (χ1v) is 13.0. The van der Waals surface area contributed by atoms with Gasteiger partial charge in [0, 0.05) is 13.3 Å². The molecule has 1 amide bonds. The predicted octanol–water partition coefficient (Wildman–Crippen LogP) is 1.49. The predicted molar refractivity (Wildman–Crippen MR) is 126 cm³/mol. The number of aliphatic hydroxyl groups excluding tert-OH is 1. The molecule has 6 atom stereocenters. The number of aliphatic hydroxyl groups is 1. The van der Waals surface area contributed by atoms with E-state index in [0.717, 1.165) is 24.1 Å². The lowest BCUT2D eigenvalue weighted by molar-refractivity contribution is -0.150. The third-order valence-electron chi connectivity index (χ3n) is 5.62. The minimum Gasteiger partial charge on any atom is -0.462 e. The summed E-state index contributed by atoms with van der Waals surface area (Å²) in [7, 11) is -2.88. The maximum Gasteiger partial charge on any atom is 0.459 e. The van der Waals surface area contributed by atoms with Gasteiger partial charge in [-0.25, -0.2) is 8.96 Å². The average Bonchev–Trinajstić information content (AvgIpc) is 3.07. The van der Waals surface area contributed by atoms with Crippen molar-refractivity contribution in [3.05, 3.63) is 42.6 Å². The third-order valence-corrected chi connectivity index (χ3v) is 7.26. The van der Waals surface area contributed by atoms with Gasteiger partial charge in [0.25, 0.3) is 0 Å². The van der Waals surface area contributed by atoms with Crippen molar-refractivity contribution in [2.24, 2.45) is 0 Å². The van der Waals surface area contributed by atoms with Crippen molar-refractivity contribution >= 4 is 25.4 Å². The highest BCUT2D eigenvalue weighted by Crippen LogP contribution is 2.46. The summed E-state index contributed by atoms with van der Waals surface area (Å²) in [5.74, 6) is -1.75. The van der Waals surface area contributed by atoms with Crippen LogP contribution in [0.15, 0.2) is 42.6 Å². The van der Waals surface area contributed by atoms with Gasteiger partial charge in [-0.15, -0.1) is 0 Å². The number of nitrogens with zero attached hydrogens (tertiary/aromatic N) is 1. The van der Waals surface area contributed by atoms with Gasteiger partial charge in [-0.05, 0) is 32.1 Å². The lowest BCUT2D eigenvalue weighted by atomic mass is 9.97. The van der Waals surface area contributed by atoms with Crippen LogP contribution in [0.25, 0.3) is 0 Å². The van der Waals surface area contributed by atoms with E-state index >= 15 is 4.39 Å². The highest BCUT2D eigenvalue weighted by atomic mass is 31.2. The highest BCUT2D eigenvalue weighted by molar-refractivity contribution is 7.52. The van der Waals surface area contributed by atoms with Gasteiger partial charge in [0.2, 0.25) is 5.91 Å². The van der Waals surface area contributed by atoms with E-state index in [-0.39, 0.29) is 19.0 Å². The van der Waals surface area contributed by atoms with Crippen LogP contribution in [0.1, 0.15) is 20.3 Å². The average molecular weight is 544 g/mol. The molecule has 1 fully saturated rings. The molecule has 2 N–H and O–H groups in total. The molecule has 37 heavy (non-hydrogen) atoms. The molecule has 0 aliphatic carbocycles. The summed E-state index contributed by atoms with van der Waals surface area (Å²) < 4.78 is 55.5. The van der Waals surface area contributed by atoms with Crippen LogP contribution in [0.5, 0.6) is 5.75 Å². The van der Waals surface area contributed by atoms with Gasteiger partial charge in [-0.1, -0.05) is 18.2 Å². The maximum atomic E-state index is 15.5. The molecule has 2 heterocycles. The molecular weight excluding hydrogens is 514 g/mol. The van der Waals surface area contributed by atoms with E-state index in [1.807, 2.05) is 0 Å². The standard InChI is InChI=1S/C23H30FN2O10P/c1-15(21(30)33-12-11-32-3)25-37(31,36-17-7-5-4-6-8-17)34-14-18-20(29)23(2,24)22(35-18)26-10-9-16(27)13-19(26)28/h4-10,15,18,20,22,29H,11-14H2,1-3H3,(H,25,31)/t15-,18+,20+,22+,23+,37?/m0/s1. The van der Waals surface area contributed by atoms with Crippen molar-refractivity contribution in [1.29, 1.82) is 0 Å². The number of halogens is 1. The molecule has 1 aromatic rings. The van der Waals surface area contributed by atoms with Crippen LogP contribution < -0.4 is 9.61 Å². The summed E-state index contributed by atoms with van der Waals surface area (Å²) in [6, 6.07) is 6.82. The second kappa shape index (κ2) is 12.2. The summed E-state index contributed by atoms with van der Waals surface area (Å²) in [5.41, 5.74) is -2.45. The van der Waals surface area contributed by atoms with Gasteiger partial charge >= 0.3 is 13.7 Å². The molecule has 1 unspecified atom stereocenters. The Hall–Kier alpha value is -2.67. The van der Waals surface area contributed by atoms with Gasteiger partial charge in [0.1, 0.15) is 30.6 Å². The maximum absolute atomic E-state index is 15.5. The fourth-order valence-corrected chi connectivity index (χ4v) is 5.13. The lowest BCUT2D eigenvalue weighted by Gasteiger charge is -2.32. The van der Waals surface area contributed by atoms with Crippen molar-refractivity contribution in [3.63, 3.8) is 0 Å². The second-order valence-electron chi connectivity index (χ2n) is 8.59. The topological polar surface area (TPSA) is 150 Å². The highest BCUT2D eigenvalue weighted by Gasteiger charge is 2.57. The number of esters is 1. The fourth-order valence-electron chi connectivity index (χ4n) is 3.63. The quantitative estimate of drug-likeness (QED) is 0.171. The minimum atomic E-state index is -4.32. The number of ketones is 1.